The van der Waals surface area contributed by atoms with Gasteiger partial charge in [-0.1, -0.05) is 11.8 Å². The lowest BCUT2D eigenvalue weighted by Gasteiger charge is -2.16. The highest BCUT2D eigenvalue weighted by molar-refractivity contribution is 8.13. The Balaban J connectivity index is 1.98. The van der Waals surface area contributed by atoms with Gasteiger partial charge in [0.2, 0.25) is 5.91 Å². The normalized spacial score (nSPS) is 18.2. The Morgan fingerprint density at radius 3 is 2.45 bits per heavy atom. The van der Waals surface area contributed by atoms with Crippen molar-refractivity contribution in [3.63, 3.8) is 0 Å². The van der Waals surface area contributed by atoms with Crippen molar-refractivity contribution in [2.75, 3.05) is 58.5 Å². The van der Waals surface area contributed by atoms with Crippen molar-refractivity contribution in [1.82, 2.24) is 4.90 Å². The van der Waals surface area contributed by atoms with Crippen LogP contribution in [0.4, 0.5) is 0 Å². The van der Waals surface area contributed by atoms with Gasteiger partial charge in [-0.2, -0.15) is 0 Å². The smallest absolute Gasteiger partial charge is 0.223 e. The van der Waals surface area contributed by atoms with Crippen LogP contribution < -0.4 is 0 Å². The Labute approximate surface area is 136 Å². The van der Waals surface area contributed by atoms with E-state index in [1.54, 1.807) is 6.92 Å². The summed E-state index contributed by atoms with van der Waals surface area (Å²) in [6.07, 6.45) is 0.542. The molecule has 22 heavy (non-hydrogen) atoms. The molecule has 1 fully saturated rings. The van der Waals surface area contributed by atoms with Crippen LogP contribution in [0.3, 0.4) is 0 Å². The fourth-order valence-electron chi connectivity index (χ4n) is 2.18. The Bertz CT molecular complexity index is 340. The summed E-state index contributed by atoms with van der Waals surface area (Å²) in [4.78, 5) is 24.6. The first-order valence-electron chi connectivity index (χ1n) is 7.77. The summed E-state index contributed by atoms with van der Waals surface area (Å²) in [6.45, 7) is 8.33. The van der Waals surface area contributed by atoms with Crippen molar-refractivity contribution in [1.29, 1.82) is 0 Å². The maximum atomic E-state index is 11.8. The van der Waals surface area contributed by atoms with Crippen molar-refractivity contribution in [2.24, 2.45) is 5.92 Å². The Kier molecular flexibility index (Phi) is 10.5. The van der Waals surface area contributed by atoms with E-state index in [0.717, 1.165) is 12.3 Å². The topological polar surface area (TPSA) is 65.1 Å². The number of hydrogen-bond acceptors (Lipinski definition) is 6. The molecule has 1 rings (SSSR count). The number of thioether (sulfide) groups is 1. The Morgan fingerprint density at radius 2 is 1.82 bits per heavy atom. The quantitative estimate of drug-likeness (QED) is 0.500. The van der Waals surface area contributed by atoms with Gasteiger partial charge in [0, 0.05) is 38.8 Å². The summed E-state index contributed by atoms with van der Waals surface area (Å²) in [5.41, 5.74) is 0. The van der Waals surface area contributed by atoms with Crippen LogP contribution in [0.5, 0.6) is 0 Å². The van der Waals surface area contributed by atoms with E-state index in [1.165, 1.54) is 11.8 Å². The van der Waals surface area contributed by atoms with Gasteiger partial charge in [-0.3, -0.25) is 9.59 Å². The van der Waals surface area contributed by atoms with Crippen LogP contribution in [0, 0.1) is 5.92 Å². The monoisotopic (exact) mass is 333 g/mol. The number of nitrogens with zero attached hydrogens (tertiary/aromatic N) is 1. The predicted molar refractivity (Wildman–Crippen MR) is 86.0 cm³/mol. The highest BCUT2D eigenvalue weighted by atomic mass is 32.2. The zero-order valence-electron chi connectivity index (χ0n) is 13.5. The van der Waals surface area contributed by atoms with Crippen LogP contribution >= 0.6 is 11.8 Å². The number of carbonyl (C=O) groups is 2. The first kappa shape index (κ1) is 19.4. The molecule has 0 spiro atoms. The number of carbonyl (C=O) groups excluding carboxylic acids is 2. The van der Waals surface area contributed by atoms with Crippen molar-refractivity contribution < 1.29 is 23.8 Å². The number of likely N-dealkylation sites (tertiary alicyclic amines) is 1. The zero-order chi connectivity index (χ0) is 16.2. The average Bonchev–Trinajstić information content (AvgIpc) is 2.84. The van der Waals surface area contributed by atoms with Gasteiger partial charge in [-0.05, 0) is 12.8 Å². The summed E-state index contributed by atoms with van der Waals surface area (Å²) in [6, 6.07) is 0. The van der Waals surface area contributed by atoms with E-state index in [1.807, 2.05) is 11.8 Å². The molecule has 128 valence electrons. The first-order chi connectivity index (χ1) is 10.6. The van der Waals surface area contributed by atoms with E-state index in [4.69, 9.17) is 14.2 Å². The molecule has 1 saturated heterocycles. The van der Waals surface area contributed by atoms with Gasteiger partial charge in [0.25, 0.3) is 0 Å². The molecule has 1 amide bonds. The molecule has 1 atom stereocenters. The Hall–Kier alpha value is -0.630. The van der Waals surface area contributed by atoms with Crippen molar-refractivity contribution >= 4 is 22.8 Å². The molecule has 0 aromatic carbocycles. The molecule has 1 aliphatic rings. The molecular formula is C15H27NO5S. The van der Waals surface area contributed by atoms with E-state index in [9.17, 15) is 9.59 Å². The Morgan fingerprint density at radius 1 is 1.18 bits per heavy atom. The number of hydrogen-bond donors (Lipinski definition) is 0. The standard InChI is InChI=1S/C15H27NO5S/c1-3-19-6-7-21-9-8-20-5-4-16-11-14(10-15(16)18)12-22-13(2)17/h14H,3-12H2,1-2H3. The van der Waals surface area contributed by atoms with Gasteiger partial charge in [0.15, 0.2) is 5.12 Å². The third-order valence-electron chi connectivity index (χ3n) is 3.27. The van der Waals surface area contributed by atoms with Crippen LogP contribution in [0.2, 0.25) is 0 Å². The predicted octanol–water partition coefficient (Wildman–Crippen LogP) is 1.18. The molecule has 0 aliphatic carbocycles. The van der Waals surface area contributed by atoms with E-state index in [2.05, 4.69) is 0 Å². The lowest BCUT2D eigenvalue weighted by atomic mass is 10.1. The van der Waals surface area contributed by atoms with Crippen LogP contribution in [0.25, 0.3) is 0 Å². The SMILES string of the molecule is CCOCCOCCOCCN1CC(CSC(C)=O)CC1=O. The third-order valence-corrected chi connectivity index (χ3v) is 4.32. The number of ether oxygens (including phenoxy) is 3. The molecular weight excluding hydrogens is 306 g/mol. The van der Waals surface area contributed by atoms with Crippen molar-refractivity contribution in [3.8, 4) is 0 Å². The molecule has 7 heteroatoms. The van der Waals surface area contributed by atoms with Crippen LogP contribution in [0.15, 0.2) is 0 Å². The zero-order valence-corrected chi connectivity index (χ0v) is 14.4. The van der Waals surface area contributed by atoms with Crippen LogP contribution in [-0.2, 0) is 23.8 Å². The largest absolute Gasteiger partial charge is 0.379 e. The number of amides is 1. The average molecular weight is 333 g/mol. The molecule has 0 aromatic rings. The van der Waals surface area contributed by atoms with Crippen LogP contribution in [-0.4, -0.2) is 74.4 Å². The minimum Gasteiger partial charge on any atom is -0.379 e. The van der Waals surface area contributed by atoms with E-state index < -0.39 is 0 Å². The third kappa shape index (κ3) is 8.73. The molecule has 6 nitrogen and oxygen atoms in total. The first-order valence-corrected chi connectivity index (χ1v) is 8.76. The van der Waals surface area contributed by atoms with Gasteiger partial charge >= 0.3 is 0 Å². The highest BCUT2D eigenvalue weighted by Gasteiger charge is 2.29. The molecule has 1 aliphatic heterocycles. The molecule has 0 aromatic heterocycles. The van der Waals surface area contributed by atoms with Crippen molar-refractivity contribution in [2.45, 2.75) is 20.3 Å². The van der Waals surface area contributed by atoms with Gasteiger partial charge in [-0.15, -0.1) is 0 Å². The molecule has 1 heterocycles. The summed E-state index contributed by atoms with van der Waals surface area (Å²) in [7, 11) is 0. The van der Waals surface area contributed by atoms with E-state index >= 15 is 0 Å². The van der Waals surface area contributed by atoms with Gasteiger partial charge in [-0.25, -0.2) is 0 Å². The van der Waals surface area contributed by atoms with E-state index in [-0.39, 0.29) is 16.9 Å². The summed E-state index contributed by atoms with van der Waals surface area (Å²) >= 11 is 1.30. The molecule has 0 radical (unpaired) electrons. The maximum absolute atomic E-state index is 11.8. The second kappa shape index (κ2) is 11.9. The van der Waals surface area contributed by atoms with Crippen LogP contribution in [0.1, 0.15) is 20.3 Å². The second-order valence-corrected chi connectivity index (χ2v) is 6.33. The summed E-state index contributed by atoms with van der Waals surface area (Å²) in [5.74, 6) is 1.17. The van der Waals surface area contributed by atoms with E-state index in [0.29, 0.717) is 52.6 Å². The fraction of sp³-hybridized carbons (Fsp3) is 0.867. The summed E-state index contributed by atoms with van der Waals surface area (Å²) in [5, 5.41) is 0.110. The number of rotatable bonds is 12. The summed E-state index contributed by atoms with van der Waals surface area (Å²) < 4.78 is 16.0. The van der Waals surface area contributed by atoms with Gasteiger partial charge in [0.05, 0.1) is 33.0 Å². The highest BCUT2D eigenvalue weighted by Crippen LogP contribution is 2.21. The fourth-order valence-corrected chi connectivity index (χ4v) is 2.87. The van der Waals surface area contributed by atoms with Gasteiger partial charge < -0.3 is 19.1 Å². The molecule has 0 saturated carbocycles. The lowest BCUT2D eigenvalue weighted by Crippen LogP contribution is -2.29. The van der Waals surface area contributed by atoms with Gasteiger partial charge in [0.1, 0.15) is 0 Å². The maximum Gasteiger partial charge on any atom is 0.223 e. The second-order valence-electron chi connectivity index (χ2n) is 5.13. The minimum absolute atomic E-state index is 0.110. The lowest BCUT2D eigenvalue weighted by molar-refractivity contribution is -0.128. The van der Waals surface area contributed by atoms with Crippen molar-refractivity contribution in [3.05, 3.63) is 0 Å². The molecule has 0 bridgehead atoms. The minimum atomic E-state index is 0.110. The molecule has 1 unspecified atom stereocenters. The molecule has 0 N–H and O–H groups in total.